The Labute approximate surface area is 112 Å². The molecule has 1 atom stereocenters. The van der Waals surface area contributed by atoms with Crippen molar-refractivity contribution in [3.63, 3.8) is 0 Å². The van der Waals surface area contributed by atoms with Gasteiger partial charge in [0.2, 0.25) is 0 Å². The van der Waals surface area contributed by atoms with Crippen LogP contribution in [0.1, 0.15) is 42.8 Å². The first-order chi connectivity index (χ1) is 8.49. The molecule has 4 heteroatoms. The Morgan fingerprint density at radius 3 is 2.61 bits per heavy atom. The molecule has 96 valence electrons. The molecule has 1 heterocycles. The lowest BCUT2D eigenvalue weighted by Crippen LogP contribution is -2.12. The fourth-order valence-corrected chi connectivity index (χ4v) is 2.36. The van der Waals surface area contributed by atoms with Crippen LogP contribution in [-0.4, -0.2) is 14.9 Å². The summed E-state index contributed by atoms with van der Waals surface area (Å²) in [5, 5.41) is 15.3. The van der Waals surface area contributed by atoms with Crippen LogP contribution in [0.15, 0.2) is 30.5 Å². The van der Waals surface area contributed by atoms with E-state index in [0.29, 0.717) is 5.02 Å². The van der Waals surface area contributed by atoms with Crippen LogP contribution in [-0.2, 0) is 0 Å². The van der Waals surface area contributed by atoms with Crippen molar-refractivity contribution in [1.29, 1.82) is 0 Å². The molecule has 0 aliphatic carbocycles. The molecule has 0 saturated carbocycles. The molecule has 0 radical (unpaired) electrons. The SMILES string of the molecule is Cc1cc(Cl)cc(C(O)c2ccnn2C(C)C)c1. The molecule has 1 unspecified atom stereocenters. The van der Waals surface area contributed by atoms with Gasteiger partial charge < -0.3 is 5.11 Å². The summed E-state index contributed by atoms with van der Waals surface area (Å²) in [6.45, 7) is 6.03. The molecule has 3 nitrogen and oxygen atoms in total. The summed E-state index contributed by atoms with van der Waals surface area (Å²) in [5.41, 5.74) is 2.61. The summed E-state index contributed by atoms with van der Waals surface area (Å²) >= 11 is 6.02. The van der Waals surface area contributed by atoms with Crippen molar-refractivity contribution < 1.29 is 5.11 Å². The van der Waals surface area contributed by atoms with Crippen LogP contribution in [0.25, 0.3) is 0 Å². The highest BCUT2D eigenvalue weighted by Gasteiger charge is 2.17. The Kier molecular flexibility index (Phi) is 3.73. The van der Waals surface area contributed by atoms with Crippen LogP contribution in [0, 0.1) is 6.92 Å². The number of hydrogen-bond donors (Lipinski definition) is 1. The topological polar surface area (TPSA) is 38.1 Å². The minimum Gasteiger partial charge on any atom is -0.382 e. The highest BCUT2D eigenvalue weighted by Crippen LogP contribution is 2.26. The average Bonchev–Trinajstić information content (AvgIpc) is 2.75. The zero-order valence-electron chi connectivity index (χ0n) is 10.8. The van der Waals surface area contributed by atoms with Crippen molar-refractivity contribution >= 4 is 11.6 Å². The smallest absolute Gasteiger partial charge is 0.121 e. The van der Waals surface area contributed by atoms with Gasteiger partial charge in [-0.15, -0.1) is 0 Å². The second-order valence-corrected chi connectivity index (χ2v) is 5.20. The van der Waals surface area contributed by atoms with Crippen molar-refractivity contribution in [3.05, 3.63) is 52.3 Å². The molecule has 0 fully saturated rings. The highest BCUT2D eigenvalue weighted by atomic mass is 35.5. The van der Waals surface area contributed by atoms with Gasteiger partial charge >= 0.3 is 0 Å². The van der Waals surface area contributed by atoms with Crippen LogP contribution in [0.2, 0.25) is 5.02 Å². The zero-order chi connectivity index (χ0) is 13.3. The van der Waals surface area contributed by atoms with Gasteiger partial charge in [-0.05, 0) is 50.1 Å². The highest BCUT2D eigenvalue weighted by molar-refractivity contribution is 6.30. The van der Waals surface area contributed by atoms with Gasteiger partial charge in [0.25, 0.3) is 0 Å². The van der Waals surface area contributed by atoms with Crippen molar-refractivity contribution in [2.75, 3.05) is 0 Å². The summed E-state index contributed by atoms with van der Waals surface area (Å²) in [6, 6.07) is 7.65. The van der Waals surface area contributed by atoms with E-state index in [1.807, 2.05) is 43.7 Å². The molecular formula is C14H17ClN2O. The molecule has 0 amide bonds. The molecule has 2 rings (SSSR count). The van der Waals surface area contributed by atoms with Crippen LogP contribution in [0.4, 0.5) is 0 Å². The molecule has 0 aliphatic heterocycles. The molecule has 2 aromatic rings. The van der Waals surface area contributed by atoms with E-state index in [4.69, 9.17) is 11.6 Å². The van der Waals surface area contributed by atoms with Gasteiger partial charge in [-0.2, -0.15) is 5.10 Å². The molecule has 1 N–H and O–H groups in total. The summed E-state index contributed by atoms with van der Waals surface area (Å²) in [5.74, 6) is 0. The summed E-state index contributed by atoms with van der Waals surface area (Å²) in [6.07, 6.45) is 1.00. The van der Waals surface area contributed by atoms with Gasteiger partial charge in [0.1, 0.15) is 6.10 Å². The van der Waals surface area contributed by atoms with Gasteiger partial charge in [-0.25, -0.2) is 0 Å². The van der Waals surface area contributed by atoms with Gasteiger partial charge in [0.05, 0.1) is 5.69 Å². The van der Waals surface area contributed by atoms with E-state index in [2.05, 4.69) is 5.10 Å². The van der Waals surface area contributed by atoms with Gasteiger partial charge in [0.15, 0.2) is 0 Å². The molecule has 18 heavy (non-hydrogen) atoms. The number of aliphatic hydroxyl groups is 1. The summed E-state index contributed by atoms with van der Waals surface area (Å²) in [4.78, 5) is 0. The van der Waals surface area contributed by atoms with Crippen LogP contribution in [0.3, 0.4) is 0 Å². The van der Waals surface area contributed by atoms with E-state index in [9.17, 15) is 5.11 Å². The van der Waals surface area contributed by atoms with E-state index in [-0.39, 0.29) is 6.04 Å². The fraction of sp³-hybridized carbons (Fsp3) is 0.357. The Morgan fingerprint density at radius 1 is 1.28 bits per heavy atom. The third kappa shape index (κ3) is 2.57. The lowest BCUT2D eigenvalue weighted by molar-refractivity contribution is 0.205. The molecule has 0 saturated heterocycles. The third-order valence-electron chi connectivity index (χ3n) is 2.85. The molecular weight excluding hydrogens is 248 g/mol. The van der Waals surface area contributed by atoms with Gasteiger partial charge in [0, 0.05) is 17.3 Å². The monoisotopic (exact) mass is 264 g/mol. The average molecular weight is 265 g/mol. The van der Waals surface area contributed by atoms with Crippen molar-refractivity contribution in [1.82, 2.24) is 9.78 Å². The van der Waals surface area contributed by atoms with Crippen molar-refractivity contribution in [3.8, 4) is 0 Å². The van der Waals surface area contributed by atoms with Crippen molar-refractivity contribution in [2.24, 2.45) is 0 Å². The Balaban J connectivity index is 2.41. The quantitative estimate of drug-likeness (QED) is 0.921. The van der Waals surface area contributed by atoms with E-state index in [0.717, 1.165) is 16.8 Å². The Bertz CT molecular complexity index is 528. The number of benzene rings is 1. The predicted molar refractivity (Wildman–Crippen MR) is 72.9 cm³/mol. The Morgan fingerprint density at radius 2 is 2.00 bits per heavy atom. The molecule has 0 aliphatic rings. The van der Waals surface area contributed by atoms with E-state index < -0.39 is 6.10 Å². The van der Waals surface area contributed by atoms with Gasteiger partial charge in [-0.3, -0.25) is 4.68 Å². The second-order valence-electron chi connectivity index (χ2n) is 4.76. The maximum atomic E-state index is 10.4. The lowest BCUT2D eigenvalue weighted by atomic mass is 10.0. The van der Waals surface area contributed by atoms with Gasteiger partial charge in [-0.1, -0.05) is 17.7 Å². The number of aromatic nitrogens is 2. The number of aryl methyl sites for hydroxylation is 1. The zero-order valence-corrected chi connectivity index (χ0v) is 11.5. The number of aliphatic hydroxyl groups excluding tert-OH is 1. The fourth-order valence-electron chi connectivity index (χ4n) is 2.07. The molecule has 1 aromatic carbocycles. The van der Waals surface area contributed by atoms with E-state index >= 15 is 0 Å². The molecule has 0 spiro atoms. The first-order valence-electron chi connectivity index (χ1n) is 5.97. The lowest BCUT2D eigenvalue weighted by Gasteiger charge is -2.16. The van der Waals surface area contributed by atoms with Crippen LogP contribution >= 0.6 is 11.6 Å². The van der Waals surface area contributed by atoms with Crippen molar-refractivity contribution in [2.45, 2.75) is 32.9 Å². The largest absolute Gasteiger partial charge is 0.382 e. The maximum Gasteiger partial charge on any atom is 0.121 e. The summed E-state index contributed by atoms with van der Waals surface area (Å²) < 4.78 is 1.82. The summed E-state index contributed by atoms with van der Waals surface area (Å²) in [7, 11) is 0. The van der Waals surface area contributed by atoms with Crippen LogP contribution in [0.5, 0.6) is 0 Å². The molecule has 0 bridgehead atoms. The maximum absolute atomic E-state index is 10.4. The predicted octanol–water partition coefficient (Wildman–Crippen LogP) is 3.51. The van der Waals surface area contributed by atoms with E-state index in [1.165, 1.54) is 0 Å². The van der Waals surface area contributed by atoms with E-state index in [1.54, 1.807) is 12.3 Å². The normalized spacial score (nSPS) is 13.0. The minimum atomic E-state index is -0.702. The standard InChI is InChI=1S/C14H17ClN2O/c1-9(2)17-13(4-5-16-17)14(18)11-6-10(3)7-12(15)8-11/h4-9,14,18H,1-3H3. The Hall–Kier alpha value is -1.32. The number of halogens is 1. The number of rotatable bonds is 3. The third-order valence-corrected chi connectivity index (χ3v) is 3.07. The number of nitrogens with zero attached hydrogens (tertiary/aromatic N) is 2. The second kappa shape index (κ2) is 5.12. The minimum absolute atomic E-state index is 0.213. The molecule has 1 aromatic heterocycles. The number of hydrogen-bond acceptors (Lipinski definition) is 2. The first-order valence-corrected chi connectivity index (χ1v) is 6.35. The first kappa shape index (κ1) is 13.1. The van der Waals surface area contributed by atoms with Crippen LogP contribution < -0.4 is 0 Å².